The fraction of sp³-hybridized carbons (Fsp3) is 1.00. The molecule has 3 rings (SSSR count). The lowest BCUT2D eigenvalue weighted by atomic mass is 9.86. The summed E-state index contributed by atoms with van der Waals surface area (Å²) in [5, 5.41) is 3.87. The van der Waals surface area contributed by atoms with Gasteiger partial charge in [-0.2, -0.15) is 0 Å². The van der Waals surface area contributed by atoms with E-state index in [9.17, 15) is 0 Å². The van der Waals surface area contributed by atoms with Gasteiger partial charge in [-0.05, 0) is 77.7 Å². The molecule has 0 aromatic heterocycles. The molecule has 3 heteroatoms. The maximum Gasteiger partial charge on any atom is 0.0601 e. The van der Waals surface area contributed by atoms with E-state index < -0.39 is 0 Å². The maximum atomic E-state index is 3.87. The molecule has 0 aromatic rings. The van der Waals surface area contributed by atoms with Crippen molar-refractivity contribution in [1.29, 1.82) is 0 Å². The summed E-state index contributed by atoms with van der Waals surface area (Å²) in [7, 11) is 0. The summed E-state index contributed by atoms with van der Waals surface area (Å²) in [5.41, 5.74) is 0. The summed E-state index contributed by atoms with van der Waals surface area (Å²) >= 11 is 0. The topological polar surface area (TPSA) is 18.5 Å². The second-order valence-electron chi connectivity index (χ2n) is 6.47. The smallest absolute Gasteiger partial charge is 0.0601 e. The third kappa shape index (κ3) is 4.44. The normalized spacial score (nSPS) is 31.9. The summed E-state index contributed by atoms with van der Waals surface area (Å²) in [6.45, 7) is 13.2. The van der Waals surface area contributed by atoms with E-state index in [0.717, 1.165) is 5.92 Å². The Labute approximate surface area is 119 Å². The van der Waals surface area contributed by atoms with Crippen molar-refractivity contribution in [3.8, 4) is 0 Å². The predicted molar refractivity (Wildman–Crippen MR) is 82.3 cm³/mol. The van der Waals surface area contributed by atoms with Gasteiger partial charge in [-0.3, -0.25) is 10.2 Å². The number of hydrogen-bond donors (Lipinski definition) is 1. The van der Waals surface area contributed by atoms with Crippen LogP contribution in [0.4, 0.5) is 0 Å². The van der Waals surface area contributed by atoms with Crippen LogP contribution in [0.3, 0.4) is 0 Å². The van der Waals surface area contributed by atoms with Gasteiger partial charge in [0, 0.05) is 6.04 Å². The van der Waals surface area contributed by atoms with Crippen molar-refractivity contribution in [3.63, 3.8) is 0 Å². The van der Waals surface area contributed by atoms with Gasteiger partial charge in [0.05, 0.1) is 6.17 Å². The molecular weight excluding hydrogens is 234 g/mol. The quantitative estimate of drug-likeness (QED) is 0.729. The van der Waals surface area contributed by atoms with E-state index in [1.165, 1.54) is 64.8 Å². The molecule has 1 N–H and O–H groups in total. The average Bonchev–Trinajstić information content (AvgIpc) is 2.45. The van der Waals surface area contributed by atoms with Crippen LogP contribution in [0.2, 0.25) is 0 Å². The lowest BCUT2D eigenvalue weighted by molar-refractivity contribution is 0.0250. The minimum atomic E-state index is 0.667. The monoisotopic (exact) mass is 267 g/mol. The molecule has 19 heavy (non-hydrogen) atoms. The van der Waals surface area contributed by atoms with Gasteiger partial charge in [0.2, 0.25) is 0 Å². The van der Waals surface area contributed by atoms with E-state index >= 15 is 0 Å². The summed E-state index contributed by atoms with van der Waals surface area (Å²) in [4.78, 5) is 5.19. The van der Waals surface area contributed by atoms with E-state index in [4.69, 9.17) is 0 Å². The molecule has 0 aliphatic carbocycles. The number of nitrogens with zero attached hydrogens (tertiary/aromatic N) is 2. The zero-order valence-electron chi connectivity index (χ0n) is 13.2. The number of nitrogens with one attached hydrogen (secondary N) is 1. The van der Waals surface area contributed by atoms with Crippen molar-refractivity contribution in [1.82, 2.24) is 15.1 Å². The SMILES string of the molecule is CCN(CC)CCCC(C)NC1CC2CCN1CC2. The lowest BCUT2D eigenvalue weighted by Crippen LogP contribution is -2.57. The Morgan fingerprint density at radius 2 is 1.89 bits per heavy atom. The highest BCUT2D eigenvalue weighted by atomic mass is 15.3. The van der Waals surface area contributed by atoms with Crippen LogP contribution in [0.25, 0.3) is 0 Å². The molecule has 3 heterocycles. The average molecular weight is 267 g/mol. The second kappa shape index (κ2) is 7.61. The Morgan fingerprint density at radius 3 is 2.42 bits per heavy atom. The third-order valence-corrected chi connectivity index (χ3v) is 5.13. The summed E-state index contributed by atoms with van der Waals surface area (Å²) in [6.07, 6.45) is 7.58. The first kappa shape index (κ1) is 15.3. The van der Waals surface area contributed by atoms with Gasteiger partial charge in [0.15, 0.2) is 0 Å². The van der Waals surface area contributed by atoms with Gasteiger partial charge in [0.25, 0.3) is 0 Å². The van der Waals surface area contributed by atoms with Gasteiger partial charge in [0.1, 0.15) is 0 Å². The molecule has 3 aliphatic rings. The Balaban J connectivity index is 1.63. The minimum absolute atomic E-state index is 0.667. The molecule has 0 amide bonds. The Morgan fingerprint density at radius 1 is 1.21 bits per heavy atom. The first-order valence-electron chi connectivity index (χ1n) is 8.45. The molecular formula is C16H33N3. The van der Waals surface area contributed by atoms with Crippen LogP contribution in [0.1, 0.15) is 52.9 Å². The Bertz CT molecular complexity index is 244. The zero-order chi connectivity index (χ0) is 13.7. The summed E-state index contributed by atoms with van der Waals surface area (Å²) in [6, 6.07) is 0.667. The molecule has 0 aromatic carbocycles. The molecule has 0 saturated carbocycles. The van der Waals surface area contributed by atoms with E-state index in [2.05, 4.69) is 35.9 Å². The molecule has 3 fully saturated rings. The lowest BCUT2D eigenvalue weighted by Gasteiger charge is -2.46. The zero-order valence-corrected chi connectivity index (χ0v) is 13.2. The molecule has 2 bridgehead atoms. The molecule has 3 aliphatic heterocycles. The van der Waals surface area contributed by atoms with Crippen molar-refractivity contribution < 1.29 is 0 Å². The summed E-state index contributed by atoms with van der Waals surface area (Å²) < 4.78 is 0. The first-order chi connectivity index (χ1) is 9.22. The number of piperidine rings is 3. The van der Waals surface area contributed by atoms with E-state index in [1.54, 1.807) is 0 Å². The van der Waals surface area contributed by atoms with Gasteiger partial charge in [-0.25, -0.2) is 0 Å². The van der Waals surface area contributed by atoms with E-state index in [-0.39, 0.29) is 0 Å². The predicted octanol–water partition coefficient (Wildman–Crippen LogP) is 2.53. The molecule has 0 spiro atoms. The number of hydrogen-bond acceptors (Lipinski definition) is 3. The van der Waals surface area contributed by atoms with Gasteiger partial charge in [-0.1, -0.05) is 13.8 Å². The summed E-state index contributed by atoms with van der Waals surface area (Å²) in [5.74, 6) is 1.00. The Kier molecular flexibility index (Phi) is 6.11. The fourth-order valence-electron chi connectivity index (χ4n) is 3.71. The largest absolute Gasteiger partial charge is 0.304 e. The molecule has 3 nitrogen and oxygen atoms in total. The van der Waals surface area contributed by atoms with Crippen LogP contribution in [0.15, 0.2) is 0 Å². The van der Waals surface area contributed by atoms with Crippen molar-refractivity contribution in [2.75, 3.05) is 32.7 Å². The van der Waals surface area contributed by atoms with E-state index in [0.29, 0.717) is 12.2 Å². The fourth-order valence-corrected chi connectivity index (χ4v) is 3.71. The highest BCUT2D eigenvalue weighted by molar-refractivity contribution is 4.87. The second-order valence-corrected chi connectivity index (χ2v) is 6.47. The molecule has 3 saturated heterocycles. The first-order valence-corrected chi connectivity index (χ1v) is 8.45. The molecule has 2 atom stereocenters. The number of fused-ring (bicyclic) bond motifs is 3. The maximum absolute atomic E-state index is 3.87. The van der Waals surface area contributed by atoms with Crippen LogP contribution in [-0.2, 0) is 0 Å². The standard InChI is InChI=1S/C16H33N3/c1-4-18(5-2)10-6-7-14(3)17-16-13-15-8-11-19(16)12-9-15/h14-17H,4-13H2,1-3H3. The van der Waals surface area contributed by atoms with Crippen LogP contribution in [-0.4, -0.2) is 54.7 Å². The van der Waals surface area contributed by atoms with Crippen LogP contribution < -0.4 is 5.32 Å². The van der Waals surface area contributed by atoms with Crippen LogP contribution in [0.5, 0.6) is 0 Å². The molecule has 112 valence electrons. The highest BCUT2D eigenvalue weighted by Crippen LogP contribution is 2.30. The minimum Gasteiger partial charge on any atom is -0.304 e. The van der Waals surface area contributed by atoms with Gasteiger partial charge >= 0.3 is 0 Å². The molecule has 0 radical (unpaired) electrons. The number of rotatable bonds is 8. The van der Waals surface area contributed by atoms with Crippen molar-refractivity contribution in [3.05, 3.63) is 0 Å². The van der Waals surface area contributed by atoms with Crippen molar-refractivity contribution >= 4 is 0 Å². The van der Waals surface area contributed by atoms with Gasteiger partial charge < -0.3 is 4.90 Å². The van der Waals surface area contributed by atoms with Crippen LogP contribution in [0, 0.1) is 5.92 Å². The third-order valence-electron chi connectivity index (χ3n) is 5.13. The van der Waals surface area contributed by atoms with E-state index in [1.807, 2.05) is 0 Å². The van der Waals surface area contributed by atoms with Gasteiger partial charge in [-0.15, -0.1) is 0 Å². The highest BCUT2D eigenvalue weighted by Gasteiger charge is 2.33. The van der Waals surface area contributed by atoms with Crippen molar-refractivity contribution in [2.24, 2.45) is 5.92 Å². The Hall–Kier alpha value is -0.120. The molecule has 2 unspecified atom stereocenters. The van der Waals surface area contributed by atoms with Crippen LogP contribution >= 0.6 is 0 Å². The van der Waals surface area contributed by atoms with Crippen molar-refractivity contribution in [2.45, 2.75) is 65.1 Å².